The van der Waals surface area contributed by atoms with Crippen molar-refractivity contribution in [3.63, 3.8) is 0 Å². The van der Waals surface area contributed by atoms with E-state index in [0.29, 0.717) is 0 Å². The van der Waals surface area contributed by atoms with Gasteiger partial charge in [-0.15, -0.1) is 0 Å². The van der Waals surface area contributed by atoms with Crippen LogP contribution in [-0.2, 0) is 17.7 Å². The van der Waals surface area contributed by atoms with Crippen molar-refractivity contribution in [2.45, 2.75) is 32.7 Å². The Morgan fingerprint density at radius 2 is 2.50 bits per heavy atom. The molecule has 0 amide bonds. The molecule has 4 heteroatoms. The van der Waals surface area contributed by atoms with Crippen LogP contribution in [-0.4, -0.2) is 28.3 Å². The summed E-state index contributed by atoms with van der Waals surface area (Å²) < 4.78 is 7.61. The lowest BCUT2D eigenvalue weighted by Gasteiger charge is -2.35. The number of aryl methyl sites for hydroxylation is 1. The average molecular weight is 287 g/mol. The Balaban J connectivity index is 2.05. The van der Waals surface area contributed by atoms with Gasteiger partial charge in [0.15, 0.2) is 0 Å². The quantitative estimate of drug-likeness (QED) is 0.796. The Morgan fingerprint density at radius 3 is 3.06 bits per heavy atom. The van der Waals surface area contributed by atoms with Crippen LogP contribution in [0.3, 0.4) is 0 Å². The van der Waals surface area contributed by atoms with Gasteiger partial charge in [0.2, 0.25) is 0 Å². The number of hydrogen-bond donors (Lipinski definition) is 0. The third kappa shape index (κ3) is 2.66. The van der Waals surface area contributed by atoms with Crippen molar-refractivity contribution in [1.29, 1.82) is 0 Å². The zero-order chi connectivity index (χ0) is 11.4. The van der Waals surface area contributed by atoms with E-state index in [1.807, 2.05) is 10.9 Å². The third-order valence-electron chi connectivity index (χ3n) is 3.28. The summed E-state index contributed by atoms with van der Waals surface area (Å²) in [7, 11) is 0. The smallest absolute Gasteiger partial charge is 0.0533 e. The SMILES string of the molecule is CCn1cc(CC2(CBr)CCCOC2)cn1. The van der Waals surface area contributed by atoms with E-state index < -0.39 is 0 Å². The molecule has 1 unspecified atom stereocenters. The lowest BCUT2D eigenvalue weighted by molar-refractivity contribution is 0.00614. The molecule has 1 saturated heterocycles. The number of ether oxygens (including phenoxy) is 1. The summed E-state index contributed by atoms with van der Waals surface area (Å²) in [6.07, 6.45) is 7.63. The Morgan fingerprint density at radius 1 is 1.62 bits per heavy atom. The predicted molar refractivity (Wildman–Crippen MR) is 67.9 cm³/mol. The summed E-state index contributed by atoms with van der Waals surface area (Å²) >= 11 is 3.64. The van der Waals surface area contributed by atoms with E-state index >= 15 is 0 Å². The van der Waals surface area contributed by atoms with Gasteiger partial charge in [-0.3, -0.25) is 4.68 Å². The molecule has 1 aliphatic heterocycles. The molecule has 0 bridgehead atoms. The molecule has 2 rings (SSSR count). The van der Waals surface area contributed by atoms with Crippen LogP contribution >= 0.6 is 15.9 Å². The Hall–Kier alpha value is -0.350. The average Bonchev–Trinajstić information content (AvgIpc) is 2.78. The van der Waals surface area contributed by atoms with E-state index in [2.05, 4.69) is 34.1 Å². The Kier molecular flexibility index (Phi) is 4.03. The fraction of sp³-hybridized carbons (Fsp3) is 0.750. The van der Waals surface area contributed by atoms with Crippen LogP contribution in [0.1, 0.15) is 25.3 Å². The Bertz CT molecular complexity index is 332. The molecular formula is C12H19BrN2O. The lowest BCUT2D eigenvalue weighted by Crippen LogP contribution is -2.35. The van der Waals surface area contributed by atoms with Crippen molar-refractivity contribution in [1.82, 2.24) is 9.78 Å². The molecule has 0 aliphatic carbocycles. The second-order valence-electron chi connectivity index (χ2n) is 4.67. The van der Waals surface area contributed by atoms with Crippen LogP contribution < -0.4 is 0 Å². The summed E-state index contributed by atoms with van der Waals surface area (Å²) in [4.78, 5) is 0. The molecule has 0 spiro atoms. The van der Waals surface area contributed by atoms with Gasteiger partial charge in [0, 0.05) is 30.1 Å². The van der Waals surface area contributed by atoms with Crippen molar-refractivity contribution in [2.75, 3.05) is 18.5 Å². The molecular weight excluding hydrogens is 268 g/mol. The molecule has 2 heterocycles. The number of halogens is 1. The predicted octanol–water partition coefficient (Wildman–Crippen LogP) is 2.64. The molecule has 1 aromatic rings. The van der Waals surface area contributed by atoms with Gasteiger partial charge in [-0.1, -0.05) is 15.9 Å². The van der Waals surface area contributed by atoms with E-state index in [1.54, 1.807) is 0 Å². The Labute approximate surface area is 105 Å². The first-order valence-corrected chi connectivity index (χ1v) is 7.05. The molecule has 0 saturated carbocycles. The fourth-order valence-corrected chi connectivity index (χ4v) is 2.95. The second kappa shape index (κ2) is 5.32. The lowest BCUT2D eigenvalue weighted by atomic mass is 9.80. The zero-order valence-electron chi connectivity index (χ0n) is 9.79. The molecule has 90 valence electrons. The van der Waals surface area contributed by atoms with Crippen LogP contribution in [0.25, 0.3) is 0 Å². The topological polar surface area (TPSA) is 27.1 Å². The van der Waals surface area contributed by atoms with Crippen molar-refractivity contribution in [3.05, 3.63) is 18.0 Å². The highest BCUT2D eigenvalue weighted by atomic mass is 79.9. The van der Waals surface area contributed by atoms with Crippen LogP contribution in [0.2, 0.25) is 0 Å². The highest BCUT2D eigenvalue weighted by Gasteiger charge is 2.32. The summed E-state index contributed by atoms with van der Waals surface area (Å²) in [5, 5.41) is 5.34. The maximum absolute atomic E-state index is 5.62. The van der Waals surface area contributed by atoms with Gasteiger partial charge in [-0.05, 0) is 31.7 Å². The minimum atomic E-state index is 0.278. The summed E-state index contributed by atoms with van der Waals surface area (Å²) in [5.41, 5.74) is 1.60. The fourth-order valence-electron chi connectivity index (χ4n) is 2.31. The van der Waals surface area contributed by atoms with E-state index in [-0.39, 0.29) is 5.41 Å². The van der Waals surface area contributed by atoms with Crippen LogP contribution in [0.4, 0.5) is 0 Å². The maximum Gasteiger partial charge on any atom is 0.0533 e. The standard InChI is InChI=1S/C12H19BrN2O/c1-2-15-8-11(7-14-15)6-12(9-13)4-3-5-16-10-12/h7-8H,2-6,9-10H2,1H3. The number of rotatable bonds is 4. The molecule has 3 nitrogen and oxygen atoms in total. The molecule has 1 aliphatic rings. The normalized spacial score (nSPS) is 25.9. The minimum Gasteiger partial charge on any atom is -0.381 e. The van der Waals surface area contributed by atoms with E-state index in [0.717, 1.165) is 31.5 Å². The molecule has 0 aromatic carbocycles. The van der Waals surface area contributed by atoms with Crippen molar-refractivity contribution in [2.24, 2.45) is 5.41 Å². The van der Waals surface area contributed by atoms with Crippen molar-refractivity contribution >= 4 is 15.9 Å². The van der Waals surface area contributed by atoms with Gasteiger partial charge in [-0.25, -0.2) is 0 Å². The first-order chi connectivity index (χ1) is 7.78. The highest BCUT2D eigenvalue weighted by molar-refractivity contribution is 9.09. The van der Waals surface area contributed by atoms with Gasteiger partial charge in [0.25, 0.3) is 0 Å². The van der Waals surface area contributed by atoms with E-state index in [4.69, 9.17) is 4.74 Å². The molecule has 0 radical (unpaired) electrons. The van der Waals surface area contributed by atoms with Crippen LogP contribution in [0, 0.1) is 5.41 Å². The highest BCUT2D eigenvalue weighted by Crippen LogP contribution is 2.34. The largest absolute Gasteiger partial charge is 0.381 e. The van der Waals surface area contributed by atoms with Gasteiger partial charge in [-0.2, -0.15) is 5.10 Å². The molecule has 0 N–H and O–H groups in total. The second-order valence-corrected chi connectivity index (χ2v) is 5.23. The number of aromatic nitrogens is 2. The van der Waals surface area contributed by atoms with Crippen LogP contribution in [0.15, 0.2) is 12.4 Å². The van der Waals surface area contributed by atoms with E-state index in [1.165, 1.54) is 18.4 Å². The molecule has 1 fully saturated rings. The first-order valence-electron chi connectivity index (χ1n) is 5.93. The van der Waals surface area contributed by atoms with Gasteiger partial charge < -0.3 is 4.74 Å². The zero-order valence-corrected chi connectivity index (χ0v) is 11.4. The van der Waals surface area contributed by atoms with Crippen molar-refractivity contribution < 1.29 is 4.74 Å². The monoisotopic (exact) mass is 286 g/mol. The number of nitrogens with zero attached hydrogens (tertiary/aromatic N) is 2. The molecule has 1 atom stereocenters. The maximum atomic E-state index is 5.62. The molecule has 16 heavy (non-hydrogen) atoms. The van der Waals surface area contributed by atoms with E-state index in [9.17, 15) is 0 Å². The van der Waals surface area contributed by atoms with Gasteiger partial charge >= 0.3 is 0 Å². The minimum absolute atomic E-state index is 0.278. The van der Waals surface area contributed by atoms with Crippen molar-refractivity contribution in [3.8, 4) is 0 Å². The van der Waals surface area contributed by atoms with Gasteiger partial charge in [0.05, 0.1) is 12.8 Å². The summed E-state index contributed by atoms with van der Waals surface area (Å²) in [5.74, 6) is 0. The molecule has 1 aromatic heterocycles. The summed E-state index contributed by atoms with van der Waals surface area (Å²) in [6, 6.07) is 0. The van der Waals surface area contributed by atoms with Crippen LogP contribution in [0.5, 0.6) is 0 Å². The number of alkyl halides is 1. The number of hydrogen-bond acceptors (Lipinski definition) is 2. The van der Waals surface area contributed by atoms with Gasteiger partial charge in [0.1, 0.15) is 0 Å². The first kappa shape index (κ1) is 12.1. The third-order valence-corrected chi connectivity index (χ3v) is 4.47. The summed E-state index contributed by atoms with van der Waals surface area (Å²) in [6.45, 7) is 4.84.